The fourth-order valence-corrected chi connectivity index (χ4v) is 2.26. The number of aromatic nitrogens is 2. The third kappa shape index (κ3) is 1.76. The van der Waals surface area contributed by atoms with Crippen molar-refractivity contribution in [3.05, 3.63) is 45.9 Å². The van der Waals surface area contributed by atoms with Crippen LogP contribution in [0.2, 0.25) is 0 Å². The Kier molecular flexibility index (Phi) is 2.52. The molecule has 0 aliphatic heterocycles. The van der Waals surface area contributed by atoms with E-state index < -0.39 is 0 Å². The Bertz CT molecular complexity index is 850. The Morgan fingerprint density at radius 1 is 1.16 bits per heavy atom. The zero-order valence-electron chi connectivity index (χ0n) is 11.1. The van der Waals surface area contributed by atoms with Gasteiger partial charge in [0.1, 0.15) is 0 Å². The number of ether oxygens (including phenoxy) is 1. The van der Waals surface area contributed by atoms with Gasteiger partial charge in [-0.25, -0.2) is 0 Å². The first-order valence-corrected chi connectivity index (χ1v) is 6.08. The van der Waals surface area contributed by atoms with E-state index in [-0.39, 0.29) is 5.56 Å². The smallest absolute Gasteiger partial charge is 0.290 e. The monoisotopic (exact) mass is 254 g/mol. The molecule has 0 unspecified atom stereocenters. The highest BCUT2D eigenvalue weighted by Crippen LogP contribution is 2.26. The van der Waals surface area contributed by atoms with Gasteiger partial charge in [0, 0.05) is 22.0 Å². The molecule has 0 fully saturated rings. The third-order valence-electron chi connectivity index (χ3n) is 3.45. The summed E-state index contributed by atoms with van der Waals surface area (Å²) in [4.78, 5) is 19.1. The zero-order valence-corrected chi connectivity index (χ0v) is 11.1. The first-order chi connectivity index (χ1) is 9.10. The number of hydrogen-bond donors (Lipinski definition) is 1. The maximum absolute atomic E-state index is 11.7. The molecule has 0 radical (unpaired) electrons. The Balaban J connectivity index is 2.51. The number of methoxy groups -OCH3 is 1. The van der Waals surface area contributed by atoms with Crippen LogP contribution in [0.1, 0.15) is 11.3 Å². The molecule has 1 aromatic carbocycles. The zero-order chi connectivity index (χ0) is 13.6. The van der Waals surface area contributed by atoms with Gasteiger partial charge >= 0.3 is 0 Å². The van der Waals surface area contributed by atoms with Gasteiger partial charge in [-0.2, -0.15) is 0 Å². The molecule has 96 valence electrons. The molecule has 1 N–H and O–H groups in total. The molecule has 4 heteroatoms. The Morgan fingerprint density at radius 3 is 2.68 bits per heavy atom. The Hall–Kier alpha value is -2.36. The lowest BCUT2D eigenvalue weighted by molar-refractivity contribution is 0.409. The van der Waals surface area contributed by atoms with E-state index in [1.165, 1.54) is 7.11 Å². The van der Waals surface area contributed by atoms with Crippen molar-refractivity contribution in [2.24, 2.45) is 0 Å². The van der Waals surface area contributed by atoms with Crippen LogP contribution in [-0.2, 0) is 0 Å². The number of hydrogen-bond acceptors (Lipinski definition) is 3. The minimum absolute atomic E-state index is 0.217. The number of nitrogens with zero attached hydrogens (tertiary/aromatic N) is 1. The van der Waals surface area contributed by atoms with E-state index in [1.54, 1.807) is 6.07 Å². The lowest BCUT2D eigenvalue weighted by Crippen LogP contribution is -2.08. The molecular weight excluding hydrogens is 240 g/mol. The van der Waals surface area contributed by atoms with Crippen LogP contribution in [0.25, 0.3) is 21.8 Å². The van der Waals surface area contributed by atoms with E-state index in [9.17, 15) is 4.79 Å². The second-order valence-electron chi connectivity index (χ2n) is 4.65. The molecule has 0 bridgehead atoms. The molecular formula is C15H14N2O2. The molecule has 4 nitrogen and oxygen atoms in total. The molecule has 0 aliphatic rings. The van der Waals surface area contributed by atoms with E-state index in [0.717, 1.165) is 33.1 Å². The van der Waals surface area contributed by atoms with E-state index in [0.29, 0.717) is 5.75 Å². The van der Waals surface area contributed by atoms with Crippen LogP contribution in [-0.4, -0.2) is 17.1 Å². The fourth-order valence-electron chi connectivity index (χ4n) is 2.26. The van der Waals surface area contributed by atoms with Crippen molar-refractivity contribution in [1.29, 1.82) is 0 Å². The predicted octanol–water partition coefficient (Wildman–Crippen LogP) is 2.70. The first kappa shape index (κ1) is 11.7. The van der Waals surface area contributed by atoms with Gasteiger partial charge in [-0.05, 0) is 43.7 Å². The van der Waals surface area contributed by atoms with Crippen molar-refractivity contribution in [2.45, 2.75) is 13.8 Å². The molecule has 19 heavy (non-hydrogen) atoms. The summed E-state index contributed by atoms with van der Waals surface area (Å²) in [7, 11) is 1.50. The molecule has 2 heterocycles. The van der Waals surface area contributed by atoms with Crippen molar-refractivity contribution >= 4 is 21.8 Å². The fraction of sp³-hybridized carbons (Fsp3) is 0.200. The van der Waals surface area contributed by atoms with Crippen molar-refractivity contribution < 1.29 is 4.74 Å². The number of aromatic amines is 1. The summed E-state index contributed by atoms with van der Waals surface area (Å²) in [6, 6.07) is 7.66. The minimum Gasteiger partial charge on any atom is -0.491 e. The van der Waals surface area contributed by atoms with Crippen LogP contribution in [0.3, 0.4) is 0 Å². The summed E-state index contributed by atoms with van der Waals surface area (Å²) in [5.74, 6) is 0.318. The maximum Gasteiger partial charge on any atom is 0.290 e. The van der Waals surface area contributed by atoms with Crippen molar-refractivity contribution in [2.75, 3.05) is 7.11 Å². The van der Waals surface area contributed by atoms with Crippen LogP contribution in [0.15, 0.2) is 29.1 Å². The molecule has 2 aromatic heterocycles. The topological polar surface area (TPSA) is 55.0 Å². The first-order valence-electron chi connectivity index (χ1n) is 6.08. The predicted molar refractivity (Wildman–Crippen MR) is 75.9 cm³/mol. The quantitative estimate of drug-likeness (QED) is 0.679. The van der Waals surface area contributed by atoms with Crippen LogP contribution in [0.4, 0.5) is 0 Å². The SMILES string of the molecule is COc1cc2c(ccc3nc(C)c(C)cc32)[nH]c1=O. The number of benzene rings is 1. The van der Waals surface area contributed by atoms with Crippen LogP contribution < -0.4 is 10.3 Å². The molecule has 0 atom stereocenters. The van der Waals surface area contributed by atoms with Crippen molar-refractivity contribution in [3.63, 3.8) is 0 Å². The highest BCUT2D eigenvalue weighted by Gasteiger charge is 2.08. The molecule has 0 amide bonds. The van der Waals surface area contributed by atoms with Gasteiger partial charge in [0.05, 0.1) is 12.6 Å². The Morgan fingerprint density at radius 2 is 1.95 bits per heavy atom. The van der Waals surface area contributed by atoms with Gasteiger partial charge in [0.2, 0.25) is 0 Å². The Labute approximate surface area is 110 Å². The van der Waals surface area contributed by atoms with Crippen molar-refractivity contribution in [1.82, 2.24) is 9.97 Å². The molecule has 0 saturated carbocycles. The van der Waals surface area contributed by atoms with E-state index in [2.05, 4.69) is 16.0 Å². The minimum atomic E-state index is -0.217. The second-order valence-corrected chi connectivity index (χ2v) is 4.65. The third-order valence-corrected chi connectivity index (χ3v) is 3.45. The largest absolute Gasteiger partial charge is 0.491 e. The highest BCUT2D eigenvalue weighted by atomic mass is 16.5. The van der Waals surface area contributed by atoms with Crippen LogP contribution in [0.5, 0.6) is 5.75 Å². The summed E-state index contributed by atoms with van der Waals surface area (Å²) in [6.45, 7) is 4.02. The van der Waals surface area contributed by atoms with Crippen LogP contribution in [0, 0.1) is 13.8 Å². The van der Waals surface area contributed by atoms with Gasteiger partial charge in [-0.1, -0.05) is 0 Å². The molecule has 3 rings (SSSR count). The number of nitrogens with one attached hydrogen (secondary N) is 1. The number of pyridine rings is 2. The van der Waals surface area contributed by atoms with Gasteiger partial charge in [-0.15, -0.1) is 0 Å². The maximum atomic E-state index is 11.7. The van der Waals surface area contributed by atoms with Crippen LogP contribution >= 0.6 is 0 Å². The summed E-state index contributed by atoms with van der Waals surface area (Å²) in [6.07, 6.45) is 0. The average molecular weight is 254 g/mol. The molecule has 0 spiro atoms. The molecule has 0 saturated heterocycles. The van der Waals surface area contributed by atoms with Gasteiger partial charge < -0.3 is 9.72 Å². The van der Waals surface area contributed by atoms with E-state index in [1.807, 2.05) is 26.0 Å². The lowest BCUT2D eigenvalue weighted by Gasteiger charge is -2.08. The van der Waals surface area contributed by atoms with E-state index >= 15 is 0 Å². The van der Waals surface area contributed by atoms with Gasteiger partial charge in [0.25, 0.3) is 5.56 Å². The van der Waals surface area contributed by atoms with Crippen molar-refractivity contribution in [3.8, 4) is 5.75 Å². The van der Waals surface area contributed by atoms with Gasteiger partial charge in [-0.3, -0.25) is 9.78 Å². The number of aryl methyl sites for hydroxylation is 2. The normalized spacial score (nSPS) is 11.1. The number of fused-ring (bicyclic) bond motifs is 3. The summed E-state index contributed by atoms with van der Waals surface area (Å²) >= 11 is 0. The summed E-state index contributed by atoms with van der Waals surface area (Å²) in [5, 5.41) is 1.97. The number of H-pyrrole nitrogens is 1. The second kappa shape index (κ2) is 4.09. The number of rotatable bonds is 1. The van der Waals surface area contributed by atoms with Gasteiger partial charge in [0.15, 0.2) is 5.75 Å². The average Bonchev–Trinajstić information content (AvgIpc) is 2.39. The van der Waals surface area contributed by atoms with E-state index in [4.69, 9.17) is 4.74 Å². The lowest BCUT2D eigenvalue weighted by atomic mass is 10.1. The summed E-state index contributed by atoms with van der Waals surface area (Å²) < 4.78 is 5.09. The molecule has 3 aromatic rings. The highest BCUT2D eigenvalue weighted by molar-refractivity contribution is 6.05. The molecule has 0 aliphatic carbocycles. The standard InChI is InChI=1S/C15H14N2O2/c1-8-6-10-11-7-14(19-3)15(18)17-13(11)5-4-12(10)16-9(8)2/h4-7H,1-3H3,(H,17,18). The summed E-state index contributed by atoms with van der Waals surface area (Å²) in [5.41, 5.74) is 3.65.